The summed E-state index contributed by atoms with van der Waals surface area (Å²) in [5.41, 5.74) is 6.70. The van der Waals surface area contributed by atoms with Crippen LogP contribution >= 0.6 is 0 Å². The van der Waals surface area contributed by atoms with Gasteiger partial charge in [-0.25, -0.2) is 0 Å². The molecule has 0 aliphatic heterocycles. The molecule has 0 fully saturated rings. The number of nitrogens with one attached hydrogen (secondary N) is 1. The molecular weight excluding hydrogens is 230 g/mol. The van der Waals surface area contributed by atoms with Crippen molar-refractivity contribution in [1.82, 2.24) is 5.32 Å². The quantitative estimate of drug-likeness (QED) is 0.856. The summed E-state index contributed by atoms with van der Waals surface area (Å²) in [7, 11) is 0. The first-order valence-corrected chi connectivity index (χ1v) is 6.99. The third-order valence-electron chi connectivity index (χ3n) is 3.52. The minimum Gasteiger partial charge on any atom is -0.307 e. The minimum atomic E-state index is 0.283. The van der Waals surface area contributed by atoms with Crippen LogP contribution < -0.4 is 5.32 Å². The van der Waals surface area contributed by atoms with E-state index >= 15 is 0 Å². The van der Waals surface area contributed by atoms with E-state index in [-0.39, 0.29) is 6.04 Å². The Hall–Kier alpha value is -1.60. The summed E-state index contributed by atoms with van der Waals surface area (Å²) in [4.78, 5) is 0. The van der Waals surface area contributed by atoms with Crippen LogP contribution in [0.15, 0.2) is 42.5 Å². The Labute approximate surface area is 116 Å². The summed E-state index contributed by atoms with van der Waals surface area (Å²) in [6.07, 6.45) is 0. The molecule has 100 valence electrons. The normalized spacial score (nSPS) is 12.4. The van der Waals surface area contributed by atoms with Gasteiger partial charge in [-0.1, -0.05) is 60.5 Å². The third-order valence-corrected chi connectivity index (χ3v) is 3.52. The topological polar surface area (TPSA) is 12.0 Å². The van der Waals surface area contributed by atoms with E-state index in [0.717, 1.165) is 6.54 Å². The van der Waals surface area contributed by atoms with Gasteiger partial charge in [0.2, 0.25) is 0 Å². The molecular formula is C18H23N. The van der Waals surface area contributed by atoms with E-state index in [1.54, 1.807) is 0 Å². The molecule has 0 aliphatic rings. The second kappa shape index (κ2) is 6.03. The predicted molar refractivity (Wildman–Crippen MR) is 82.6 cm³/mol. The first-order chi connectivity index (χ1) is 9.11. The first-order valence-electron chi connectivity index (χ1n) is 6.99. The Kier molecular flexibility index (Phi) is 4.39. The molecule has 0 saturated heterocycles. The number of rotatable bonds is 4. The number of benzene rings is 2. The Morgan fingerprint density at radius 3 is 2.32 bits per heavy atom. The van der Waals surface area contributed by atoms with Crippen LogP contribution in [0.4, 0.5) is 0 Å². The van der Waals surface area contributed by atoms with Gasteiger partial charge in [0.15, 0.2) is 0 Å². The summed E-state index contributed by atoms with van der Waals surface area (Å²) in [6.45, 7) is 9.61. The highest BCUT2D eigenvalue weighted by molar-refractivity contribution is 5.39. The summed E-state index contributed by atoms with van der Waals surface area (Å²) >= 11 is 0. The molecule has 2 rings (SSSR count). The van der Waals surface area contributed by atoms with Gasteiger partial charge in [-0.2, -0.15) is 0 Å². The molecule has 19 heavy (non-hydrogen) atoms. The number of aryl methyl sites for hydroxylation is 3. The summed E-state index contributed by atoms with van der Waals surface area (Å²) < 4.78 is 0. The summed E-state index contributed by atoms with van der Waals surface area (Å²) in [6, 6.07) is 15.8. The van der Waals surface area contributed by atoms with Gasteiger partial charge in [-0.3, -0.25) is 0 Å². The van der Waals surface area contributed by atoms with Crippen LogP contribution in [0.5, 0.6) is 0 Å². The van der Waals surface area contributed by atoms with Crippen molar-refractivity contribution in [2.24, 2.45) is 0 Å². The van der Waals surface area contributed by atoms with Gasteiger partial charge in [0.25, 0.3) is 0 Å². The molecule has 0 heterocycles. The Morgan fingerprint density at radius 1 is 0.947 bits per heavy atom. The lowest BCUT2D eigenvalue weighted by Crippen LogP contribution is -2.22. The van der Waals surface area contributed by atoms with Gasteiger partial charge in [-0.05, 0) is 44.0 Å². The number of hydrogen-bond donors (Lipinski definition) is 1. The van der Waals surface area contributed by atoms with E-state index in [0.29, 0.717) is 0 Å². The van der Waals surface area contributed by atoms with Crippen LogP contribution in [0.2, 0.25) is 0 Å². The number of hydrogen-bond acceptors (Lipinski definition) is 1. The Balaban J connectivity index is 2.45. The van der Waals surface area contributed by atoms with Crippen molar-refractivity contribution >= 4 is 0 Å². The summed E-state index contributed by atoms with van der Waals surface area (Å²) in [5, 5.41) is 3.60. The van der Waals surface area contributed by atoms with Crippen molar-refractivity contribution in [3.05, 3.63) is 70.3 Å². The average Bonchev–Trinajstić information content (AvgIpc) is 2.37. The molecule has 1 heteroatoms. The first kappa shape index (κ1) is 13.8. The lowest BCUT2D eigenvalue weighted by molar-refractivity contribution is 0.627. The molecule has 0 amide bonds. The fourth-order valence-electron chi connectivity index (χ4n) is 2.61. The van der Waals surface area contributed by atoms with E-state index in [1.807, 2.05) is 0 Å². The fraction of sp³-hybridized carbons (Fsp3) is 0.333. The zero-order valence-electron chi connectivity index (χ0n) is 12.3. The van der Waals surface area contributed by atoms with Crippen LogP contribution in [0, 0.1) is 20.8 Å². The molecule has 0 bridgehead atoms. The maximum atomic E-state index is 3.60. The van der Waals surface area contributed by atoms with E-state index in [2.05, 4.69) is 75.5 Å². The van der Waals surface area contributed by atoms with Gasteiger partial charge < -0.3 is 5.32 Å². The molecule has 0 saturated carbocycles. The van der Waals surface area contributed by atoms with Crippen molar-refractivity contribution in [2.75, 3.05) is 6.54 Å². The average molecular weight is 253 g/mol. The molecule has 1 atom stereocenters. The fourth-order valence-corrected chi connectivity index (χ4v) is 2.61. The lowest BCUT2D eigenvalue weighted by Gasteiger charge is -2.21. The summed E-state index contributed by atoms with van der Waals surface area (Å²) in [5.74, 6) is 0. The largest absolute Gasteiger partial charge is 0.307 e. The maximum Gasteiger partial charge on any atom is 0.0579 e. The molecule has 1 nitrogen and oxygen atoms in total. The molecule has 0 spiro atoms. The minimum absolute atomic E-state index is 0.283. The molecule has 2 aromatic carbocycles. The SMILES string of the molecule is CCNC(c1cccc(C)c1)c1ccc(C)cc1C. The van der Waals surface area contributed by atoms with Gasteiger partial charge in [0.05, 0.1) is 6.04 Å². The standard InChI is InChI=1S/C18H23N/c1-5-19-18(16-8-6-7-13(2)12-16)17-10-9-14(3)11-15(17)4/h6-12,18-19H,5H2,1-4H3. The molecule has 0 aromatic heterocycles. The van der Waals surface area contributed by atoms with E-state index in [9.17, 15) is 0 Å². The van der Waals surface area contributed by atoms with Gasteiger partial charge in [-0.15, -0.1) is 0 Å². The van der Waals surface area contributed by atoms with E-state index in [1.165, 1.54) is 27.8 Å². The third kappa shape index (κ3) is 3.24. The highest BCUT2D eigenvalue weighted by Gasteiger charge is 2.14. The van der Waals surface area contributed by atoms with E-state index < -0.39 is 0 Å². The van der Waals surface area contributed by atoms with Crippen molar-refractivity contribution in [2.45, 2.75) is 33.7 Å². The van der Waals surface area contributed by atoms with Crippen molar-refractivity contribution in [3.8, 4) is 0 Å². The zero-order valence-corrected chi connectivity index (χ0v) is 12.3. The van der Waals surface area contributed by atoms with Crippen molar-refractivity contribution < 1.29 is 0 Å². The van der Waals surface area contributed by atoms with Gasteiger partial charge in [0.1, 0.15) is 0 Å². The highest BCUT2D eigenvalue weighted by Crippen LogP contribution is 2.26. The van der Waals surface area contributed by atoms with Crippen LogP contribution in [0.25, 0.3) is 0 Å². The predicted octanol–water partition coefficient (Wildman–Crippen LogP) is 4.31. The molecule has 1 N–H and O–H groups in total. The van der Waals surface area contributed by atoms with E-state index in [4.69, 9.17) is 0 Å². The Bertz CT molecular complexity index is 557. The second-order valence-electron chi connectivity index (χ2n) is 5.26. The maximum absolute atomic E-state index is 3.60. The van der Waals surface area contributed by atoms with Crippen molar-refractivity contribution in [3.63, 3.8) is 0 Å². The van der Waals surface area contributed by atoms with Crippen LogP contribution in [0.3, 0.4) is 0 Å². The lowest BCUT2D eigenvalue weighted by atomic mass is 9.93. The van der Waals surface area contributed by atoms with Crippen LogP contribution in [0.1, 0.15) is 40.8 Å². The molecule has 2 aromatic rings. The molecule has 1 unspecified atom stereocenters. The zero-order chi connectivity index (χ0) is 13.8. The highest BCUT2D eigenvalue weighted by atomic mass is 14.9. The van der Waals surface area contributed by atoms with Crippen LogP contribution in [-0.4, -0.2) is 6.54 Å². The van der Waals surface area contributed by atoms with Crippen molar-refractivity contribution in [1.29, 1.82) is 0 Å². The van der Waals surface area contributed by atoms with Crippen LogP contribution in [-0.2, 0) is 0 Å². The smallest absolute Gasteiger partial charge is 0.0579 e. The molecule has 0 aliphatic carbocycles. The Morgan fingerprint density at radius 2 is 1.68 bits per heavy atom. The second-order valence-corrected chi connectivity index (χ2v) is 5.26. The molecule has 0 radical (unpaired) electrons. The van der Waals surface area contributed by atoms with Gasteiger partial charge in [0, 0.05) is 0 Å². The monoisotopic (exact) mass is 253 g/mol. The van der Waals surface area contributed by atoms with Gasteiger partial charge >= 0.3 is 0 Å².